The van der Waals surface area contributed by atoms with Crippen molar-refractivity contribution in [2.24, 2.45) is 5.92 Å². The Morgan fingerprint density at radius 1 is 1.32 bits per heavy atom. The molecular weight excluding hydrogens is 392 g/mol. The van der Waals surface area contributed by atoms with Crippen LogP contribution in [0.1, 0.15) is 30.8 Å². The summed E-state index contributed by atoms with van der Waals surface area (Å²) in [6.07, 6.45) is 2.81. The molecule has 0 unspecified atom stereocenters. The van der Waals surface area contributed by atoms with E-state index in [1.54, 1.807) is 14.2 Å². The third kappa shape index (κ3) is 5.17. The average molecular weight is 427 g/mol. The van der Waals surface area contributed by atoms with Crippen LogP contribution in [0.25, 0.3) is 5.69 Å². The largest absolute Gasteiger partial charge is 0.494 e. The van der Waals surface area contributed by atoms with Crippen molar-refractivity contribution in [3.63, 3.8) is 0 Å². The molecule has 2 aromatic rings. The molecule has 0 spiro atoms. The molecule has 0 aliphatic carbocycles. The molecule has 0 atom stereocenters. The lowest BCUT2D eigenvalue weighted by molar-refractivity contribution is -0.135. The number of amides is 1. The number of carbonyl (C=O) groups is 1. The molecule has 1 amide bonds. The van der Waals surface area contributed by atoms with E-state index in [1.165, 1.54) is 11.3 Å². The van der Waals surface area contributed by atoms with Gasteiger partial charge in [0.25, 0.3) is 0 Å². The van der Waals surface area contributed by atoms with Gasteiger partial charge in [0, 0.05) is 51.2 Å². The van der Waals surface area contributed by atoms with E-state index >= 15 is 0 Å². The van der Waals surface area contributed by atoms with E-state index in [9.17, 15) is 4.79 Å². The molecule has 2 heterocycles. The molecule has 1 aromatic heterocycles. The predicted molar refractivity (Wildman–Crippen MR) is 121 cm³/mol. The van der Waals surface area contributed by atoms with Crippen LogP contribution in [0.5, 0.6) is 5.75 Å². The van der Waals surface area contributed by atoms with Crippen LogP contribution >= 0.6 is 0 Å². The Labute approximate surface area is 185 Å². The van der Waals surface area contributed by atoms with E-state index in [0.29, 0.717) is 19.7 Å². The van der Waals surface area contributed by atoms with Crippen molar-refractivity contribution in [1.82, 2.24) is 19.6 Å². The molecule has 7 nitrogen and oxygen atoms in total. The molecule has 0 radical (unpaired) electrons. The van der Waals surface area contributed by atoms with Gasteiger partial charge < -0.3 is 14.4 Å². The second kappa shape index (κ2) is 10.6. The summed E-state index contributed by atoms with van der Waals surface area (Å²) in [6, 6.07) is 7.92. The third-order valence-corrected chi connectivity index (χ3v) is 5.63. The minimum atomic E-state index is -0.0822. The van der Waals surface area contributed by atoms with Gasteiger partial charge in [-0.1, -0.05) is 32.1 Å². The van der Waals surface area contributed by atoms with Crippen LogP contribution in [0.2, 0.25) is 0 Å². The van der Waals surface area contributed by atoms with Gasteiger partial charge in [0.1, 0.15) is 11.4 Å². The summed E-state index contributed by atoms with van der Waals surface area (Å²) < 4.78 is 12.9. The Balaban J connectivity index is 2.03. The molecule has 1 aliphatic heterocycles. The number of rotatable bonds is 10. The Hall–Kier alpha value is -2.64. The fraction of sp³-hybridized carbons (Fsp3) is 0.500. The van der Waals surface area contributed by atoms with Crippen LogP contribution in [-0.4, -0.2) is 65.9 Å². The Bertz CT molecular complexity index is 906. The highest BCUT2D eigenvalue weighted by molar-refractivity contribution is 5.78. The number of methoxy groups -OCH3 is 2. The van der Waals surface area contributed by atoms with Crippen molar-refractivity contribution in [3.8, 4) is 11.4 Å². The summed E-state index contributed by atoms with van der Waals surface area (Å²) in [4.78, 5) is 17.1. The predicted octanol–water partition coefficient (Wildman–Crippen LogP) is 3.06. The summed E-state index contributed by atoms with van der Waals surface area (Å²) in [7, 11) is 3.33. The van der Waals surface area contributed by atoms with Gasteiger partial charge in [0.15, 0.2) is 0 Å². The molecule has 0 saturated heterocycles. The van der Waals surface area contributed by atoms with Gasteiger partial charge in [0.05, 0.1) is 31.6 Å². The van der Waals surface area contributed by atoms with Crippen LogP contribution in [0, 0.1) is 5.92 Å². The van der Waals surface area contributed by atoms with Crippen LogP contribution in [0.15, 0.2) is 36.9 Å². The first-order chi connectivity index (χ1) is 15.0. The summed E-state index contributed by atoms with van der Waals surface area (Å²) in [6.45, 7) is 11.8. The minimum Gasteiger partial charge on any atom is -0.494 e. The van der Waals surface area contributed by atoms with Gasteiger partial charge >= 0.3 is 0 Å². The average Bonchev–Trinajstić information content (AvgIpc) is 3.13. The highest BCUT2D eigenvalue weighted by Gasteiger charge is 2.28. The first kappa shape index (κ1) is 23.0. The molecule has 7 heteroatoms. The maximum atomic E-state index is 12.9. The number of hydrogen-bond donors (Lipinski definition) is 0. The standard InChI is InChI=1S/C24H34N4O3/c1-6-12-26-13-11-21-19(16-26)20(17-27(14-15-30-4)24(29)18(2)3)25-28(21)22-9-7-8-10-23(22)31-5/h6-10,18H,1,11-17H2,2-5H3. The van der Waals surface area contributed by atoms with Crippen molar-refractivity contribution in [2.75, 3.05) is 40.5 Å². The summed E-state index contributed by atoms with van der Waals surface area (Å²) >= 11 is 0. The number of hydrogen-bond acceptors (Lipinski definition) is 5. The van der Waals surface area contributed by atoms with Crippen LogP contribution in [0.4, 0.5) is 0 Å². The van der Waals surface area contributed by atoms with Crippen LogP contribution < -0.4 is 4.74 Å². The van der Waals surface area contributed by atoms with Crippen molar-refractivity contribution < 1.29 is 14.3 Å². The zero-order valence-corrected chi connectivity index (χ0v) is 19.1. The lowest BCUT2D eigenvalue weighted by atomic mass is 10.0. The van der Waals surface area contributed by atoms with Gasteiger partial charge in [-0.05, 0) is 12.1 Å². The van der Waals surface area contributed by atoms with Crippen LogP contribution in [0.3, 0.4) is 0 Å². The van der Waals surface area contributed by atoms with Gasteiger partial charge in [-0.2, -0.15) is 5.10 Å². The maximum absolute atomic E-state index is 12.9. The second-order valence-electron chi connectivity index (χ2n) is 8.14. The number of aromatic nitrogens is 2. The van der Waals surface area contributed by atoms with Gasteiger partial charge in [-0.15, -0.1) is 6.58 Å². The smallest absolute Gasteiger partial charge is 0.225 e. The normalized spacial score (nSPS) is 13.8. The summed E-state index contributed by atoms with van der Waals surface area (Å²) in [5, 5.41) is 5.00. The van der Waals surface area contributed by atoms with E-state index in [0.717, 1.165) is 43.2 Å². The molecule has 0 bridgehead atoms. The SMILES string of the molecule is C=CCN1CCc2c(c(CN(CCOC)C(=O)C(C)C)nn2-c2ccccc2OC)C1. The molecule has 3 rings (SSSR count). The molecule has 168 valence electrons. The molecule has 0 N–H and O–H groups in total. The monoisotopic (exact) mass is 426 g/mol. The Morgan fingerprint density at radius 3 is 2.77 bits per heavy atom. The topological polar surface area (TPSA) is 59.8 Å². The lowest BCUT2D eigenvalue weighted by Crippen LogP contribution is -2.37. The fourth-order valence-electron chi connectivity index (χ4n) is 4.03. The zero-order chi connectivity index (χ0) is 22.4. The van der Waals surface area contributed by atoms with Crippen molar-refractivity contribution in [3.05, 3.63) is 53.9 Å². The molecule has 1 aliphatic rings. The lowest BCUT2D eigenvalue weighted by Gasteiger charge is -2.28. The fourth-order valence-corrected chi connectivity index (χ4v) is 4.03. The van der Waals surface area contributed by atoms with Crippen LogP contribution in [-0.2, 0) is 29.0 Å². The molecule has 0 fully saturated rings. The van der Waals surface area contributed by atoms with Crippen molar-refractivity contribution in [1.29, 1.82) is 0 Å². The van der Waals surface area contributed by atoms with Gasteiger partial charge in [0.2, 0.25) is 5.91 Å². The number of fused-ring (bicyclic) bond motifs is 1. The molecule has 31 heavy (non-hydrogen) atoms. The van der Waals surface area contributed by atoms with E-state index in [4.69, 9.17) is 14.6 Å². The minimum absolute atomic E-state index is 0.0822. The summed E-state index contributed by atoms with van der Waals surface area (Å²) in [5.41, 5.74) is 4.23. The first-order valence-corrected chi connectivity index (χ1v) is 10.8. The van der Waals surface area contributed by atoms with Crippen molar-refractivity contribution in [2.45, 2.75) is 33.4 Å². The summed E-state index contributed by atoms with van der Waals surface area (Å²) in [5.74, 6) is 0.806. The van der Waals surface area contributed by atoms with Gasteiger partial charge in [-0.25, -0.2) is 4.68 Å². The number of nitrogens with zero attached hydrogens (tertiary/aromatic N) is 4. The van der Waals surface area contributed by atoms with E-state index in [-0.39, 0.29) is 11.8 Å². The van der Waals surface area contributed by atoms with Gasteiger partial charge in [-0.3, -0.25) is 9.69 Å². The highest BCUT2D eigenvalue weighted by atomic mass is 16.5. The maximum Gasteiger partial charge on any atom is 0.225 e. The molecular formula is C24H34N4O3. The quantitative estimate of drug-likeness (QED) is 0.547. The second-order valence-corrected chi connectivity index (χ2v) is 8.14. The number of benzene rings is 1. The van der Waals surface area contributed by atoms with Crippen molar-refractivity contribution >= 4 is 5.91 Å². The number of ether oxygens (including phenoxy) is 2. The molecule has 0 saturated carbocycles. The number of carbonyl (C=O) groups excluding carboxylic acids is 1. The first-order valence-electron chi connectivity index (χ1n) is 10.8. The van der Waals surface area contributed by atoms with E-state index < -0.39 is 0 Å². The Morgan fingerprint density at radius 2 is 2.10 bits per heavy atom. The van der Waals surface area contributed by atoms with E-state index in [1.807, 2.05) is 53.8 Å². The molecule has 1 aromatic carbocycles. The highest BCUT2D eigenvalue weighted by Crippen LogP contribution is 2.30. The third-order valence-electron chi connectivity index (χ3n) is 5.63. The number of para-hydroxylation sites is 2. The van der Waals surface area contributed by atoms with E-state index in [2.05, 4.69) is 11.5 Å². The zero-order valence-electron chi connectivity index (χ0n) is 19.1. The Kier molecular flexibility index (Phi) is 7.87.